The van der Waals surface area contributed by atoms with Crippen LogP contribution in [0.2, 0.25) is 0 Å². The highest BCUT2D eigenvalue weighted by molar-refractivity contribution is 5.16. The summed E-state index contributed by atoms with van der Waals surface area (Å²) < 4.78 is 0. The first-order valence-corrected chi connectivity index (χ1v) is 8.11. The number of hydrogen-bond donors (Lipinski definition) is 2. The van der Waals surface area contributed by atoms with Gasteiger partial charge in [-0.15, -0.1) is 0 Å². The fourth-order valence-corrected chi connectivity index (χ4v) is 6.57. The van der Waals surface area contributed by atoms with E-state index in [4.69, 9.17) is 11.5 Å². The highest BCUT2D eigenvalue weighted by Gasteiger charge is 2.61. The van der Waals surface area contributed by atoms with Crippen molar-refractivity contribution in [2.75, 3.05) is 0 Å². The SMILES string of the molecule is CCC1CC2(N)CC3C1CC1CCC(N)(C2)C3C1. The molecule has 4 bridgehead atoms. The van der Waals surface area contributed by atoms with E-state index in [1.165, 1.54) is 44.9 Å². The predicted octanol–water partition coefficient (Wildman–Crippen LogP) is 2.66. The Bertz CT molecular complexity index is 364. The first-order chi connectivity index (χ1) is 8.53. The second kappa shape index (κ2) is 3.52. The molecule has 102 valence electrons. The van der Waals surface area contributed by atoms with Crippen molar-refractivity contribution in [1.82, 2.24) is 0 Å². The van der Waals surface area contributed by atoms with Gasteiger partial charge >= 0.3 is 0 Å². The zero-order chi connectivity index (χ0) is 12.5. The minimum absolute atomic E-state index is 0.0806. The number of nitrogens with two attached hydrogens (primary N) is 2. The summed E-state index contributed by atoms with van der Waals surface area (Å²) in [6.07, 6.45) is 10.5. The fourth-order valence-electron chi connectivity index (χ4n) is 6.57. The smallest absolute Gasteiger partial charge is 0.0203 e. The van der Waals surface area contributed by atoms with E-state index < -0.39 is 0 Å². The topological polar surface area (TPSA) is 52.0 Å². The van der Waals surface area contributed by atoms with E-state index in [0.717, 1.165) is 36.0 Å². The Morgan fingerprint density at radius 1 is 1.11 bits per heavy atom. The van der Waals surface area contributed by atoms with E-state index >= 15 is 0 Å². The summed E-state index contributed by atoms with van der Waals surface area (Å²) in [5.41, 5.74) is 13.8. The monoisotopic (exact) mass is 248 g/mol. The molecule has 0 aromatic heterocycles. The predicted molar refractivity (Wildman–Crippen MR) is 73.9 cm³/mol. The maximum absolute atomic E-state index is 6.83. The molecule has 0 spiro atoms. The molecule has 2 heteroatoms. The maximum Gasteiger partial charge on any atom is 0.0203 e. The summed E-state index contributed by atoms with van der Waals surface area (Å²) in [5, 5.41) is 0. The summed E-state index contributed by atoms with van der Waals surface area (Å²) in [4.78, 5) is 0. The molecule has 0 radical (unpaired) electrons. The van der Waals surface area contributed by atoms with Crippen molar-refractivity contribution < 1.29 is 0 Å². The van der Waals surface area contributed by atoms with Gasteiger partial charge in [0, 0.05) is 11.1 Å². The molecule has 0 amide bonds. The van der Waals surface area contributed by atoms with Gasteiger partial charge in [-0.25, -0.2) is 0 Å². The van der Waals surface area contributed by atoms with Crippen LogP contribution in [0, 0.1) is 29.6 Å². The highest BCUT2D eigenvalue weighted by atomic mass is 14.9. The van der Waals surface area contributed by atoms with E-state index in [2.05, 4.69) is 6.92 Å². The van der Waals surface area contributed by atoms with Gasteiger partial charge in [0.25, 0.3) is 0 Å². The lowest BCUT2D eigenvalue weighted by Crippen LogP contribution is -2.70. The first-order valence-electron chi connectivity index (χ1n) is 8.11. The number of fused-ring (bicyclic) bond motifs is 2. The molecule has 4 N–H and O–H groups in total. The summed E-state index contributed by atoms with van der Waals surface area (Å²) in [5.74, 6) is 4.51. The maximum atomic E-state index is 6.83. The van der Waals surface area contributed by atoms with Crippen molar-refractivity contribution in [3.63, 3.8) is 0 Å². The summed E-state index contributed by atoms with van der Waals surface area (Å²) >= 11 is 0. The number of hydrogen-bond acceptors (Lipinski definition) is 2. The van der Waals surface area contributed by atoms with Crippen LogP contribution >= 0.6 is 0 Å². The molecule has 4 saturated carbocycles. The Morgan fingerprint density at radius 2 is 1.94 bits per heavy atom. The van der Waals surface area contributed by atoms with Crippen LogP contribution in [0.15, 0.2) is 0 Å². The normalized spacial score (nSPS) is 61.8. The van der Waals surface area contributed by atoms with Crippen molar-refractivity contribution in [2.24, 2.45) is 41.1 Å². The Morgan fingerprint density at radius 3 is 2.72 bits per heavy atom. The summed E-state index contributed by atoms with van der Waals surface area (Å²) in [6, 6.07) is 0. The fraction of sp³-hybridized carbons (Fsp3) is 1.00. The molecule has 4 aliphatic rings. The summed E-state index contributed by atoms with van der Waals surface area (Å²) in [6.45, 7) is 2.37. The van der Waals surface area contributed by atoms with Gasteiger partial charge in [-0.1, -0.05) is 13.3 Å². The van der Waals surface area contributed by atoms with Crippen LogP contribution in [0.25, 0.3) is 0 Å². The third-order valence-electron chi connectivity index (χ3n) is 7.14. The largest absolute Gasteiger partial charge is 0.325 e. The molecule has 0 saturated heterocycles. The molecule has 0 aromatic carbocycles. The Balaban J connectivity index is 1.77. The Kier molecular flexibility index (Phi) is 2.29. The lowest BCUT2D eigenvalue weighted by molar-refractivity contribution is -0.112. The summed E-state index contributed by atoms with van der Waals surface area (Å²) in [7, 11) is 0. The zero-order valence-corrected chi connectivity index (χ0v) is 11.7. The molecule has 0 aliphatic heterocycles. The zero-order valence-electron chi connectivity index (χ0n) is 11.7. The van der Waals surface area contributed by atoms with Gasteiger partial charge in [0.15, 0.2) is 0 Å². The van der Waals surface area contributed by atoms with E-state index in [9.17, 15) is 0 Å². The van der Waals surface area contributed by atoms with Gasteiger partial charge < -0.3 is 11.5 Å². The molecule has 7 unspecified atom stereocenters. The average Bonchev–Trinajstić information content (AvgIpc) is 2.34. The molecule has 7 atom stereocenters. The Hall–Kier alpha value is -0.0800. The molecular formula is C16H28N2. The van der Waals surface area contributed by atoms with Gasteiger partial charge in [-0.2, -0.15) is 0 Å². The van der Waals surface area contributed by atoms with Crippen molar-refractivity contribution in [3.8, 4) is 0 Å². The molecule has 4 aliphatic carbocycles. The molecule has 4 fully saturated rings. The third-order valence-corrected chi connectivity index (χ3v) is 7.14. The van der Waals surface area contributed by atoms with Crippen molar-refractivity contribution in [2.45, 2.75) is 69.4 Å². The molecule has 2 nitrogen and oxygen atoms in total. The van der Waals surface area contributed by atoms with Crippen LogP contribution in [0.3, 0.4) is 0 Å². The highest BCUT2D eigenvalue weighted by Crippen LogP contribution is 2.62. The minimum atomic E-state index is 0.0806. The standard InChI is InChI=1S/C16H28N2/c1-2-11-7-15(17)8-13-12(11)5-10-3-4-16(18,9-15)14(13)6-10/h10-14H,2-9,17-18H2,1H3. The van der Waals surface area contributed by atoms with Gasteiger partial charge in [0.1, 0.15) is 0 Å². The third kappa shape index (κ3) is 1.42. The van der Waals surface area contributed by atoms with E-state index in [1.54, 1.807) is 0 Å². The first kappa shape index (κ1) is 11.7. The average molecular weight is 248 g/mol. The lowest BCUT2D eigenvalue weighted by Gasteiger charge is -2.65. The van der Waals surface area contributed by atoms with Gasteiger partial charge in [-0.3, -0.25) is 0 Å². The van der Waals surface area contributed by atoms with Crippen LogP contribution in [-0.2, 0) is 0 Å². The van der Waals surface area contributed by atoms with E-state index in [1.807, 2.05) is 0 Å². The quantitative estimate of drug-likeness (QED) is 0.749. The van der Waals surface area contributed by atoms with Gasteiger partial charge in [0.2, 0.25) is 0 Å². The molecule has 0 aromatic rings. The van der Waals surface area contributed by atoms with Crippen LogP contribution in [0.5, 0.6) is 0 Å². The van der Waals surface area contributed by atoms with Crippen LogP contribution in [0.4, 0.5) is 0 Å². The van der Waals surface area contributed by atoms with Gasteiger partial charge in [-0.05, 0) is 74.5 Å². The van der Waals surface area contributed by atoms with Crippen molar-refractivity contribution >= 4 is 0 Å². The van der Waals surface area contributed by atoms with Crippen LogP contribution in [-0.4, -0.2) is 11.1 Å². The molecule has 0 heterocycles. The second-order valence-corrected chi connectivity index (χ2v) is 8.16. The van der Waals surface area contributed by atoms with E-state index in [0.29, 0.717) is 0 Å². The minimum Gasteiger partial charge on any atom is -0.325 e. The molecular weight excluding hydrogens is 220 g/mol. The van der Waals surface area contributed by atoms with Gasteiger partial charge in [0.05, 0.1) is 0 Å². The van der Waals surface area contributed by atoms with Crippen molar-refractivity contribution in [1.29, 1.82) is 0 Å². The van der Waals surface area contributed by atoms with Crippen LogP contribution < -0.4 is 11.5 Å². The second-order valence-electron chi connectivity index (χ2n) is 8.16. The lowest BCUT2D eigenvalue weighted by atomic mass is 9.42. The molecule has 18 heavy (non-hydrogen) atoms. The van der Waals surface area contributed by atoms with Crippen molar-refractivity contribution in [3.05, 3.63) is 0 Å². The number of rotatable bonds is 1. The van der Waals surface area contributed by atoms with E-state index in [-0.39, 0.29) is 11.1 Å². The van der Waals surface area contributed by atoms with Crippen LogP contribution in [0.1, 0.15) is 58.3 Å². The Labute approximate surface area is 111 Å². The molecule has 4 rings (SSSR count).